The van der Waals surface area contributed by atoms with Crippen molar-refractivity contribution in [3.05, 3.63) is 43.0 Å². The highest BCUT2D eigenvalue weighted by atomic mass is 32.2. The van der Waals surface area contributed by atoms with Gasteiger partial charge in [-0.15, -0.1) is 10.2 Å². The van der Waals surface area contributed by atoms with Crippen molar-refractivity contribution in [2.24, 2.45) is 0 Å². The summed E-state index contributed by atoms with van der Waals surface area (Å²) >= 11 is 0. The molecule has 0 saturated heterocycles. The van der Waals surface area contributed by atoms with Crippen LogP contribution in [0.5, 0.6) is 0 Å². The largest absolute Gasteiger partial charge is 0.307 e. The number of nitrogens with zero attached hydrogens (tertiary/aromatic N) is 3. The van der Waals surface area contributed by atoms with Crippen LogP contribution in [0, 0.1) is 0 Å². The van der Waals surface area contributed by atoms with Crippen molar-refractivity contribution in [1.82, 2.24) is 14.8 Å². The predicted molar refractivity (Wildman–Crippen MR) is 52.9 cm³/mol. The molecule has 0 saturated carbocycles. The summed E-state index contributed by atoms with van der Waals surface area (Å²) in [4.78, 5) is 0.821. The van der Waals surface area contributed by atoms with Crippen LogP contribution in [0.3, 0.4) is 0 Å². The molecule has 5 heteroatoms. The van der Waals surface area contributed by atoms with Gasteiger partial charge in [0.15, 0.2) is 0 Å². The normalized spacial score (nSPS) is 12.6. The summed E-state index contributed by atoms with van der Waals surface area (Å²) in [5.41, 5.74) is 0. The monoisotopic (exact) mass is 207 g/mol. The lowest BCUT2D eigenvalue weighted by Gasteiger charge is -2.01. The van der Waals surface area contributed by atoms with Gasteiger partial charge in [-0.05, 0) is 12.1 Å². The summed E-state index contributed by atoms with van der Waals surface area (Å²) in [5.74, 6) is 0.400. The van der Waals surface area contributed by atoms with Crippen LogP contribution in [0.2, 0.25) is 0 Å². The highest BCUT2D eigenvalue weighted by molar-refractivity contribution is 7.84. The molecule has 0 aliphatic rings. The minimum absolute atomic E-state index is 0.400. The maximum Gasteiger partial charge on any atom is 0.120 e. The van der Waals surface area contributed by atoms with E-state index in [1.165, 1.54) is 0 Å². The first kappa shape index (κ1) is 9.08. The fraction of sp³-hybridized carbons (Fsp3) is 0.111. The van der Waals surface area contributed by atoms with Crippen LogP contribution in [0.15, 0.2) is 47.9 Å². The van der Waals surface area contributed by atoms with Gasteiger partial charge in [-0.25, -0.2) is 0 Å². The summed E-state index contributed by atoms with van der Waals surface area (Å²) in [6, 6.07) is 9.35. The molecule has 0 aliphatic heterocycles. The topological polar surface area (TPSA) is 47.8 Å². The minimum atomic E-state index is -1.03. The lowest BCUT2D eigenvalue weighted by atomic mass is 10.4. The van der Waals surface area contributed by atoms with Gasteiger partial charge in [0, 0.05) is 4.90 Å². The number of benzene rings is 1. The van der Waals surface area contributed by atoms with Gasteiger partial charge in [0.05, 0.1) is 10.8 Å². The average molecular weight is 207 g/mol. The van der Waals surface area contributed by atoms with E-state index in [2.05, 4.69) is 10.2 Å². The number of aromatic nitrogens is 3. The lowest BCUT2D eigenvalue weighted by Crippen LogP contribution is -2.02. The van der Waals surface area contributed by atoms with Crippen LogP contribution in [0.4, 0.5) is 0 Å². The van der Waals surface area contributed by atoms with E-state index in [0.717, 1.165) is 4.90 Å². The molecular weight excluding hydrogens is 198 g/mol. The van der Waals surface area contributed by atoms with Gasteiger partial charge in [0.2, 0.25) is 0 Å². The van der Waals surface area contributed by atoms with E-state index in [1.807, 2.05) is 30.3 Å². The van der Waals surface area contributed by atoms with Crippen molar-refractivity contribution >= 4 is 10.8 Å². The Kier molecular flexibility index (Phi) is 2.69. The molecule has 1 heterocycles. The summed E-state index contributed by atoms with van der Waals surface area (Å²) in [6.45, 7) is 0. The van der Waals surface area contributed by atoms with Crippen molar-refractivity contribution < 1.29 is 4.21 Å². The second-order valence-corrected chi connectivity index (χ2v) is 4.18. The summed E-state index contributed by atoms with van der Waals surface area (Å²) in [5, 5.41) is 7.29. The van der Waals surface area contributed by atoms with Crippen molar-refractivity contribution in [1.29, 1.82) is 0 Å². The molecule has 0 radical (unpaired) electrons. The van der Waals surface area contributed by atoms with Crippen LogP contribution in [0.1, 0.15) is 0 Å². The third-order valence-electron chi connectivity index (χ3n) is 1.74. The second kappa shape index (κ2) is 4.15. The molecule has 0 spiro atoms. The third-order valence-corrected chi connectivity index (χ3v) is 3.07. The molecule has 1 unspecified atom stereocenters. The fourth-order valence-corrected chi connectivity index (χ4v) is 2.08. The van der Waals surface area contributed by atoms with E-state index in [9.17, 15) is 4.21 Å². The summed E-state index contributed by atoms with van der Waals surface area (Å²) < 4.78 is 13.4. The van der Waals surface area contributed by atoms with E-state index in [4.69, 9.17) is 0 Å². The molecule has 2 rings (SSSR count). The van der Waals surface area contributed by atoms with E-state index in [-0.39, 0.29) is 0 Å². The zero-order valence-corrected chi connectivity index (χ0v) is 8.22. The third kappa shape index (κ3) is 2.05. The zero-order valence-electron chi connectivity index (χ0n) is 7.41. The predicted octanol–water partition coefficient (Wildman–Crippen LogP) is 1.04. The summed E-state index contributed by atoms with van der Waals surface area (Å²) in [6.07, 6.45) is 3.11. The Morgan fingerprint density at radius 3 is 2.43 bits per heavy atom. The summed E-state index contributed by atoms with van der Waals surface area (Å²) in [7, 11) is -1.03. The van der Waals surface area contributed by atoms with Crippen LogP contribution in [0.25, 0.3) is 0 Å². The van der Waals surface area contributed by atoms with Crippen molar-refractivity contribution in [2.45, 2.75) is 10.8 Å². The number of hydrogen-bond donors (Lipinski definition) is 0. The van der Waals surface area contributed by atoms with Crippen molar-refractivity contribution in [3.8, 4) is 0 Å². The van der Waals surface area contributed by atoms with Gasteiger partial charge in [0.1, 0.15) is 18.5 Å². The Balaban J connectivity index is 2.11. The van der Waals surface area contributed by atoms with Gasteiger partial charge < -0.3 is 4.57 Å². The maximum absolute atomic E-state index is 11.7. The second-order valence-electron chi connectivity index (χ2n) is 2.76. The Morgan fingerprint density at radius 1 is 1.14 bits per heavy atom. The molecule has 1 aromatic carbocycles. The fourth-order valence-electron chi connectivity index (χ4n) is 1.07. The molecule has 0 N–H and O–H groups in total. The molecule has 0 aliphatic carbocycles. The van der Waals surface area contributed by atoms with Gasteiger partial charge in [0.25, 0.3) is 0 Å². The quantitative estimate of drug-likeness (QED) is 0.755. The lowest BCUT2D eigenvalue weighted by molar-refractivity contribution is 0.672. The molecule has 0 bridgehead atoms. The first-order valence-electron chi connectivity index (χ1n) is 4.12. The van der Waals surface area contributed by atoms with Crippen LogP contribution in [-0.2, 0) is 16.7 Å². The van der Waals surface area contributed by atoms with E-state index in [0.29, 0.717) is 5.88 Å². The SMILES string of the molecule is O=S(Cn1cnnc1)c1ccccc1. The Bertz CT molecular complexity index is 413. The van der Waals surface area contributed by atoms with Crippen molar-refractivity contribution in [3.63, 3.8) is 0 Å². The van der Waals surface area contributed by atoms with Gasteiger partial charge in [-0.3, -0.25) is 4.21 Å². The number of rotatable bonds is 3. The number of hydrogen-bond acceptors (Lipinski definition) is 3. The Hall–Kier alpha value is -1.49. The van der Waals surface area contributed by atoms with Gasteiger partial charge >= 0.3 is 0 Å². The molecule has 1 atom stereocenters. The Morgan fingerprint density at radius 2 is 1.79 bits per heavy atom. The Labute approximate surface area is 84.1 Å². The maximum atomic E-state index is 11.7. The smallest absolute Gasteiger partial charge is 0.120 e. The minimum Gasteiger partial charge on any atom is -0.307 e. The highest BCUT2D eigenvalue weighted by Crippen LogP contribution is 2.06. The average Bonchev–Trinajstić information content (AvgIpc) is 2.72. The molecule has 14 heavy (non-hydrogen) atoms. The van der Waals surface area contributed by atoms with E-state index in [1.54, 1.807) is 17.2 Å². The molecule has 2 aromatic rings. The highest BCUT2D eigenvalue weighted by Gasteiger charge is 2.02. The first-order chi connectivity index (χ1) is 6.86. The van der Waals surface area contributed by atoms with E-state index < -0.39 is 10.8 Å². The van der Waals surface area contributed by atoms with E-state index >= 15 is 0 Å². The van der Waals surface area contributed by atoms with Crippen LogP contribution >= 0.6 is 0 Å². The molecule has 1 aromatic heterocycles. The molecule has 0 fully saturated rings. The molecule has 72 valence electrons. The van der Waals surface area contributed by atoms with Crippen LogP contribution in [-0.4, -0.2) is 19.0 Å². The van der Waals surface area contributed by atoms with Crippen LogP contribution < -0.4 is 0 Å². The molecular formula is C9H9N3OS. The molecule has 4 nitrogen and oxygen atoms in total. The van der Waals surface area contributed by atoms with Gasteiger partial charge in [-0.1, -0.05) is 18.2 Å². The first-order valence-corrected chi connectivity index (χ1v) is 5.44. The molecule has 0 amide bonds. The van der Waals surface area contributed by atoms with Gasteiger partial charge in [-0.2, -0.15) is 0 Å². The zero-order chi connectivity index (χ0) is 9.80. The van der Waals surface area contributed by atoms with Crippen molar-refractivity contribution in [2.75, 3.05) is 0 Å². The standard InChI is InChI=1S/C9H9N3OS/c13-14(8-12-6-10-11-7-12)9-4-2-1-3-5-9/h1-7H,8H2.